The summed E-state index contributed by atoms with van der Waals surface area (Å²) in [6, 6.07) is 9.61. The van der Waals surface area contributed by atoms with E-state index in [2.05, 4.69) is 15.6 Å². The Morgan fingerprint density at radius 3 is 2.72 bits per heavy atom. The standard InChI is InChI=1S/C23H15ClF3N3O4S2/c24-15-4-5-17(13(8-15)9-18-20(32)30-22(33)36-18)34-11-19(31)29-21-28-10-16(35-21)7-12-2-1-3-14(6-12)23(25,26)27/h1-6,8-10H,7,11H2,(H,28,29,31)(H,30,32,33)/b18-9-. The second-order valence-electron chi connectivity index (χ2n) is 7.38. The lowest BCUT2D eigenvalue weighted by Crippen LogP contribution is -2.20. The molecule has 2 heterocycles. The number of rotatable bonds is 7. The summed E-state index contributed by atoms with van der Waals surface area (Å²) in [4.78, 5) is 40.5. The Morgan fingerprint density at radius 1 is 1.19 bits per heavy atom. The van der Waals surface area contributed by atoms with Crippen LogP contribution in [0.5, 0.6) is 5.75 Å². The predicted octanol–water partition coefficient (Wildman–Crippen LogP) is 5.75. The van der Waals surface area contributed by atoms with Gasteiger partial charge in [-0.2, -0.15) is 13.2 Å². The molecule has 0 unspecified atom stereocenters. The Kier molecular flexibility index (Phi) is 7.67. The van der Waals surface area contributed by atoms with Gasteiger partial charge in [0.25, 0.3) is 17.1 Å². The highest BCUT2D eigenvalue weighted by Gasteiger charge is 2.30. The van der Waals surface area contributed by atoms with Crippen LogP contribution in [0.4, 0.5) is 23.1 Å². The fraction of sp³-hybridized carbons (Fsp3) is 0.130. The lowest BCUT2D eigenvalue weighted by Gasteiger charge is -2.10. The van der Waals surface area contributed by atoms with Crippen LogP contribution in [-0.4, -0.2) is 28.6 Å². The van der Waals surface area contributed by atoms with Crippen molar-refractivity contribution in [2.75, 3.05) is 11.9 Å². The van der Waals surface area contributed by atoms with E-state index in [0.29, 0.717) is 21.0 Å². The molecule has 2 aromatic carbocycles. The predicted molar refractivity (Wildman–Crippen MR) is 131 cm³/mol. The maximum Gasteiger partial charge on any atom is 0.416 e. The molecule has 0 saturated carbocycles. The number of aromatic nitrogens is 1. The number of thioether (sulfide) groups is 1. The molecule has 3 aromatic rings. The molecule has 1 aliphatic rings. The quantitative estimate of drug-likeness (QED) is 0.362. The Labute approximate surface area is 215 Å². The average molecular weight is 554 g/mol. The molecule has 0 radical (unpaired) electrons. The van der Waals surface area contributed by atoms with Crippen molar-refractivity contribution in [3.05, 3.63) is 80.2 Å². The number of halogens is 4. The van der Waals surface area contributed by atoms with E-state index >= 15 is 0 Å². The maximum absolute atomic E-state index is 12.9. The highest BCUT2D eigenvalue weighted by Crippen LogP contribution is 2.32. The van der Waals surface area contributed by atoms with Gasteiger partial charge in [-0.1, -0.05) is 29.8 Å². The molecule has 0 bridgehead atoms. The molecule has 3 amide bonds. The maximum atomic E-state index is 12.9. The molecule has 1 aromatic heterocycles. The largest absolute Gasteiger partial charge is 0.483 e. The van der Waals surface area contributed by atoms with Crippen LogP contribution in [0.25, 0.3) is 6.08 Å². The zero-order valence-corrected chi connectivity index (χ0v) is 20.4. The summed E-state index contributed by atoms with van der Waals surface area (Å²) in [6.45, 7) is -0.390. The summed E-state index contributed by atoms with van der Waals surface area (Å²) in [6.07, 6.45) is -1.28. The van der Waals surface area contributed by atoms with Crippen molar-refractivity contribution in [1.82, 2.24) is 10.3 Å². The van der Waals surface area contributed by atoms with Gasteiger partial charge in [-0.3, -0.25) is 25.0 Å². The summed E-state index contributed by atoms with van der Waals surface area (Å²) in [7, 11) is 0. The van der Waals surface area contributed by atoms with Gasteiger partial charge in [-0.05, 0) is 47.7 Å². The second-order valence-corrected chi connectivity index (χ2v) is 9.94. The molecular weight excluding hydrogens is 539 g/mol. The third-order valence-electron chi connectivity index (χ3n) is 4.69. The molecule has 0 atom stereocenters. The van der Waals surface area contributed by atoms with Crippen LogP contribution >= 0.6 is 34.7 Å². The van der Waals surface area contributed by atoms with Gasteiger partial charge < -0.3 is 4.74 Å². The van der Waals surface area contributed by atoms with Crippen LogP contribution in [0.1, 0.15) is 21.6 Å². The van der Waals surface area contributed by atoms with E-state index < -0.39 is 35.4 Å². The topological polar surface area (TPSA) is 97.4 Å². The molecule has 13 heteroatoms. The number of nitrogens with one attached hydrogen (secondary N) is 2. The molecule has 0 aliphatic carbocycles. The first-order chi connectivity index (χ1) is 17.1. The summed E-state index contributed by atoms with van der Waals surface area (Å²) in [5.74, 6) is -0.802. The minimum Gasteiger partial charge on any atom is -0.483 e. The molecule has 1 fully saturated rings. The molecule has 2 N–H and O–H groups in total. The molecule has 0 spiro atoms. The lowest BCUT2D eigenvalue weighted by atomic mass is 10.1. The number of imide groups is 1. The van der Waals surface area contributed by atoms with Gasteiger partial charge in [0.2, 0.25) is 0 Å². The van der Waals surface area contributed by atoms with Crippen LogP contribution in [0, 0.1) is 0 Å². The molecule has 4 rings (SSSR count). The van der Waals surface area contributed by atoms with Crippen molar-refractivity contribution in [2.24, 2.45) is 0 Å². The van der Waals surface area contributed by atoms with Gasteiger partial charge >= 0.3 is 6.18 Å². The Hall–Kier alpha value is -3.35. The van der Waals surface area contributed by atoms with E-state index in [1.165, 1.54) is 30.5 Å². The fourth-order valence-corrected chi connectivity index (χ4v) is 4.85. The molecule has 1 aliphatic heterocycles. The van der Waals surface area contributed by atoms with Gasteiger partial charge in [0.1, 0.15) is 5.75 Å². The number of ether oxygens (including phenoxy) is 1. The van der Waals surface area contributed by atoms with Gasteiger partial charge in [-0.15, -0.1) is 11.3 Å². The normalized spacial score (nSPS) is 14.7. The molecule has 1 saturated heterocycles. The molecule has 186 valence electrons. The van der Waals surface area contributed by atoms with Gasteiger partial charge in [-0.25, -0.2) is 4.98 Å². The summed E-state index contributed by atoms with van der Waals surface area (Å²) in [5, 5.41) is 4.86. The first-order valence-electron chi connectivity index (χ1n) is 10.1. The zero-order valence-electron chi connectivity index (χ0n) is 18.0. The van der Waals surface area contributed by atoms with E-state index in [0.717, 1.165) is 35.2 Å². The number of alkyl halides is 3. The van der Waals surface area contributed by atoms with Gasteiger partial charge in [0, 0.05) is 28.1 Å². The molecule has 36 heavy (non-hydrogen) atoms. The lowest BCUT2D eigenvalue weighted by molar-refractivity contribution is -0.137. The third kappa shape index (κ3) is 6.65. The van der Waals surface area contributed by atoms with Crippen LogP contribution < -0.4 is 15.4 Å². The third-order valence-corrected chi connectivity index (χ3v) is 6.65. The first kappa shape index (κ1) is 25.7. The van der Waals surface area contributed by atoms with Crippen LogP contribution in [0.15, 0.2) is 53.6 Å². The van der Waals surface area contributed by atoms with Crippen molar-refractivity contribution in [3.63, 3.8) is 0 Å². The number of anilines is 1. The summed E-state index contributed by atoms with van der Waals surface area (Å²) in [5.41, 5.74) is 0.140. The van der Waals surface area contributed by atoms with Crippen LogP contribution in [0.2, 0.25) is 5.02 Å². The van der Waals surface area contributed by atoms with Gasteiger partial charge in [0.05, 0.1) is 10.5 Å². The van der Waals surface area contributed by atoms with Crippen molar-refractivity contribution < 1.29 is 32.3 Å². The highest BCUT2D eigenvalue weighted by molar-refractivity contribution is 8.18. The fourth-order valence-electron chi connectivity index (χ4n) is 3.13. The minimum atomic E-state index is -4.43. The van der Waals surface area contributed by atoms with Crippen molar-refractivity contribution >= 4 is 63.0 Å². The highest BCUT2D eigenvalue weighted by atomic mass is 35.5. The second kappa shape index (κ2) is 10.7. The number of thiazole rings is 1. The number of hydrogen-bond donors (Lipinski definition) is 2. The Morgan fingerprint density at radius 2 is 2.00 bits per heavy atom. The van der Waals surface area contributed by atoms with E-state index in [-0.39, 0.29) is 22.2 Å². The van der Waals surface area contributed by atoms with Crippen molar-refractivity contribution in [3.8, 4) is 5.75 Å². The number of carbonyl (C=O) groups is 3. The number of nitrogens with zero attached hydrogens (tertiary/aromatic N) is 1. The van der Waals surface area contributed by atoms with Gasteiger partial charge in [0.15, 0.2) is 11.7 Å². The summed E-state index contributed by atoms with van der Waals surface area (Å²) < 4.78 is 44.3. The SMILES string of the molecule is O=C(COc1ccc(Cl)cc1/C=C1\SC(=O)NC1=O)Nc1ncc(Cc2cccc(C(F)(F)F)c2)s1. The van der Waals surface area contributed by atoms with Crippen LogP contribution in [0.3, 0.4) is 0 Å². The Bertz CT molecular complexity index is 1370. The van der Waals surface area contributed by atoms with E-state index in [4.69, 9.17) is 16.3 Å². The average Bonchev–Trinajstić information content (AvgIpc) is 3.37. The van der Waals surface area contributed by atoms with Crippen molar-refractivity contribution in [2.45, 2.75) is 12.6 Å². The Balaban J connectivity index is 1.37. The van der Waals surface area contributed by atoms with E-state index in [1.54, 1.807) is 12.1 Å². The first-order valence-corrected chi connectivity index (χ1v) is 12.2. The smallest absolute Gasteiger partial charge is 0.416 e. The van der Waals surface area contributed by atoms with E-state index in [1.807, 2.05) is 0 Å². The van der Waals surface area contributed by atoms with Crippen molar-refractivity contribution in [1.29, 1.82) is 0 Å². The van der Waals surface area contributed by atoms with E-state index in [9.17, 15) is 27.6 Å². The monoisotopic (exact) mass is 553 g/mol. The zero-order chi connectivity index (χ0) is 25.9. The molecular formula is C23H15ClF3N3O4S2. The minimum absolute atomic E-state index is 0.160. The molecule has 7 nitrogen and oxygen atoms in total. The number of amides is 3. The number of benzene rings is 2. The number of carbonyl (C=O) groups excluding carboxylic acids is 3. The summed E-state index contributed by atoms with van der Waals surface area (Å²) >= 11 is 7.89. The van der Waals surface area contributed by atoms with Crippen LogP contribution in [-0.2, 0) is 22.2 Å². The number of hydrogen-bond acceptors (Lipinski definition) is 7.